The van der Waals surface area contributed by atoms with Crippen molar-refractivity contribution in [2.75, 3.05) is 0 Å². The molecule has 2 rings (SSSR count). The molecular weight excluding hydrogens is 258 g/mol. The largest absolute Gasteiger partial charge is 0.488 e. The quantitative estimate of drug-likeness (QED) is 0.792. The Hall–Kier alpha value is -0.900. The molecule has 0 radical (unpaired) electrons. The summed E-state index contributed by atoms with van der Waals surface area (Å²) in [5, 5.41) is 0. The standard InChI is InChI=1S/C11H12BrNO2/c12-8-5-11(10(7-14)13-6-8)15-9-3-1-2-4-9/h5-7,9H,1-4H2. The smallest absolute Gasteiger partial charge is 0.172 e. The van der Waals surface area contributed by atoms with Gasteiger partial charge in [0.25, 0.3) is 0 Å². The molecule has 0 bridgehead atoms. The van der Waals surface area contributed by atoms with Gasteiger partial charge in [-0.3, -0.25) is 4.79 Å². The lowest BCUT2D eigenvalue weighted by Gasteiger charge is -2.14. The summed E-state index contributed by atoms with van der Waals surface area (Å²) in [5.41, 5.74) is 0.380. The number of rotatable bonds is 3. The normalized spacial score (nSPS) is 16.6. The number of pyridine rings is 1. The summed E-state index contributed by atoms with van der Waals surface area (Å²) in [6.45, 7) is 0. The van der Waals surface area contributed by atoms with Gasteiger partial charge in [-0.25, -0.2) is 4.98 Å². The molecular formula is C11H12BrNO2. The highest BCUT2D eigenvalue weighted by Crippen LogP contribution is 2.27. The lowest BCUT2D eigenvalue weighted by Crippen LogP contribution is -2.12. The first-order chi connectivity index (χ1) is 7.29. The second-order valence-corrected chi connectivity index (χ2v) is 4.59. The summed E-state index contributed by atoms with van der Waals surface area (Å²) >= 11 is 3.32. The maximum absolute atomic E-state index is 10.8. The Morgan fingerprint density at radius 1 is 1.47 bits per heavy atom. The second kappa shape index (κ2) is 4.75. The van der Waals surface area contributed by atoms with E-state index in [1.807, 2.05) is 0 Å². The molecule has 1 aliphatic rings. The molecule has 0 atom stereocenters. The highest BCUT2D eigenvalue weighted by molar-refractivity contribution is 9.10. The van der Waals surface area contributed by atoms with Gasteiger partial charge in [-0.15, -0.1) is 0 Å². The molecule has 0 unspecified atom stereocenters. The molecule has 15 heavy (non-hydrogen) atoms. The average Bonchev–Trinajstić information content (AvgIpc) is 2.71. The maximum Gasteiger partial charge on any atom is 0.172 e. The van der Waals surface area contributed by atoms with Gasteiger partial charge >= 0.3 is 0 Å². The van der Waals surface area contributed by atoms with Crippen LogP contribution in [0.15, 0.2) is 16.7 Å². The van der Waals surface area contributed by atoms with E-state index in [1.165, 1.54) is 12.8 Å². The lowest BCUT2D eigenvalue weighted by atomic mass is 10.3. The Kier molecular flexibility index (Phi) is 3.36. The number of hydrogen-bond donors (Lipinski definition) is 0. The molecule has 3 nitrogen and oxygen atoms in total. The zero-order valence-corrected chi connectivity index (χ0v) is 9.87. The van der Waals surface area contributed by atoms with Gasteiger partial charge in [-0.1, -0.05) is 0 Å². The third kappa shape index (κ3) is 2.56. The van der Waals surface area contributed by atoms with Gasteiger partial charge in [-0.05, 0) is 47.7 Å². The van der Waals surface area contributed by atoms with E-state index in [-0.39, 0.29) is 6.10 Å². The van der Waals surface area contributed by atoms with Gasteiger partial charge in [0.1, 0.15) is 11.4 Å². The maximum atomic E-state index is 10.8. The minimum absolute atomic E-state index is 0.250. The van der Waals surface area contributed by atoms with Crippen LogP contribution in [0.2, 0.25) is 0 Å². The van der Waals surface area contributed by atoms with Crippen LogP contribution in [0.25, 0.3) is 0 Å². The number of carbonyl (C=O) groups excluding carboxylic acids is 1. The van der Waals surface area contributed by atoms with Crippen LogP contribution in [0, 0.1) is 0 Å². The zero-order valence-electron chi connectivity index (χ0n) is 8.28. The van der Waals surface area contributed by atoms with Crippen molar-refractivity contribution in [1.82, 2.24) is 4.98 Å². The molecule has 4 heteroatoms. The van der Waals surface area contributed by atoms with Gasteiger partial charge in [0.15, 0.2) is 6.29 Å². The first kappa shape index (κ1) is 10.6. The molecule has 1 aromatic rings. The second-order valence-electron chi connectivity index (χ2n) is 3.68. The fourth-order valence-corrected chi connectivity index (χ4v) is 2.11. The van der Waals surface area contributed by atoms with Crippen LogP contribution in [0.5, 0.6) is 5.75 Å². The van der Waals surface area contributed by atoms with Crippen molar-refractivity contribution in [3.05, 3.63) is 22.4 Å². The first-order valence-corrected chi connectivity index (χ1v) is 5.86. The van der Waals surface area contributed by atoms with Crippen LogP contribution in [0.1, 0.15) is 36.2 Å². The molecule has 0 saturated heterocycles. The van der Waals surface area contributed by atoms with Crippen LogP contribution in [0.3, 0.4) is 0 Å². The first-order valence-electron chi connectivity index (χ1n) is 5.07. The predicted molar refractivity (Wildman–Crippen MR) is 60.2 cm³/mol. The fraction of sp³-hybridized carbons (Fsp3) is 0.455. The van der Waals surface area contributed by atoms with Crippen molar-refractivity contribution in [1.29, 1.82) is 0 Å². The fourth-order valence-electron chi connectivity index (χ4n) is 1.80. The Bertz CT molecular complexity index is 362. The summed E-state index contributed by atoms with van der Waals surface area (Å²) in [4.78, 5) is 14.8. The summed E-state index contributed by atoms with van der Waals surface area (Å²) in [5.74, 6) is 0.589. The Morgan fingerprint density at radius 2 is 2.20 bits per heavy atom. The number of halogens is 1. The van der Waals surface area contributed by atoms with E-state index in [0.717, 1.165) is 23.6 Å². The van der Waals surface area contributed by atoms with E-state index in [4.69, 9.17) is 4.74 Å². The molecule has 80 valence electrons. The van der Waals surface area contributed by atoms with Gasteiger partial charge in [-0.2, -0.15) is 0 Å². The molecule has 0 amide bonds. The average molecular weight is 270 g/mol. The molecule has 1 heterocycles. The van der Waals surface area contributed by atoms with Crippen molar-refractivity contribution in [2.45, 2.75) is 31.8 Å². The Morgan fingerprint density at radius 3 is 2.87 bits per heavy atom. The number of nitrogens with zero attached hydrogens (tertiary/aromatic N) is 1. The number of aldehydes is 1. The van der Waals surface area contributed by atoms with Crippen LogP contribution < -0.4 is 4.74 Å². The number of hydrogen-bond acceptors (Lipinski definition) is 3. The third-order valence-corrected chi connectivity index (χ3v) is 2.99. The van der Waals surface area contributed by atoms with Gasteiger partial charge < -0.3 is 4.74 Å². The monoisotopic (exact) mass is 269 g/mol. The molecule has 1 aliphatic carbocycles. The van der Waals surface area contributed by atoms with E-state index >= 15 is 0 Å². The van der Waals surface area contributed by atoms with Crippen LogP contribution >= 0.6 is 15.9 Å². The van der Waals surface area contributed by atoms with E-state index in [0.29, 0.717) is 11.4 Å². The molecule has 0 N–H and O–H groups in total. The minimum Gasteiger partial charge on any atom is -0.488 e. The summed E-state index contributed by atoms with van der Waals surface area (Å²) < 4.78 is 6.59. The molecule has 1 saturated carbocycles. The SMILES string of the molecule is O=Cc1ncc(Br)cc1OC1CCCC1. The number of aromatic nitrogens is 1. The third-order valence-electron chi connectivity index (χ3n) is 2.56. The highest BCUT2D eigenvalue weighted by Gasteiger charge is 2.18. The molecule has 0 spiro atoms. The minimum atomic E-state index is 0.250. The summed E-state index contributed by atoms with van der Waals surface area (Å²) in [6.07, 6.45) is 7.16. The molecule has 0 aliphatic heterocycles. The molecule has 1 fully saturated rings. The molecule has 1 aromatic heterocycles. The molecule has 0 aromatic carbocycles. The van der Waals surface area contributed by atoms with E-state index < -0.39 is 0 Å². The Balaban J connectivity index is 2.17. The van der Waals surface area contributed by atoms with E-state index in [1.54, 1.807) is 12.3 Å². The summed E-state index contributed by atoms with van der Waals surface area (Å²) in [6, 6.07) is 1.80. The zero-order chi connectivity index (χ0) is 10.7. The number of ether oxygens (including phenoxy) is 1. The van der Waals surface area contributed by atoms with Crippen molar-refractivity contribution in [3.63, 3.8) is 0 Å². The van der Waals surface area contributed by atoms with Gasteiger partial charge in [0.2, 0.25) is 0 Å². The van der Waals surface area contributed by atoms with Gasteiger partial charge in [0, 0.05) is 10.7 Å². The van der Waals surface area contributed by atoms with Crippen LogP contribution in [-0.4, -0.2) is 17.4 Å². The van der Waals surface area contributed by atoms with Crippen molar-refractivity contribution < 1.29 is 9.53 Å². The lowest BCUT2D eigenvalue weighted by molar-refractivity contribution is 0.111. The van der Waals surface area contributed by atoms with E-state index in [9.17, 15) is 4.79 Å². The summed E-state index contributed by atoms with van der Waals surface area (Å²) in [7, 11) is 0. The Labute approximate surface area is 97.0 Å². The topological polar surface area (TPSA) is 39.2 Å². The number of carbonyl (C=O) groups is 1. The van der Waals surface area contributed by atoms with Crippen LogP contribution in [0.4, 0.5) is 0 Å². The predicted octanol–water partition coefficient (Wildman–Crippen LogP) is 2.98. The van der Waals surface area contributed by atoms with Crippen molar-refractivity contribution in [3.8, 4) is 5.75 Å². The van der Waals surface area contributed by atoms with Crippen molar-refractivity contribution in [2.24, 2.45) is 0 Å². The van der Waals surface area contributed by atoms with Crippen LogP contribution in [-0.2, 0) is 0 Å². The highest BCUT2D eigenvalue weighted by atomic mass is 79.9. The van der Waals surface area contributed by atoms with E-state index in [2.05, 4.69) is 20.9 Å². The van der Waals surface area contributed by atoms with Gasteiger partial charge in [0.05, 0.1) is 6.10 Å². The van der Waals surface area contributed by atoms with Crippen molar-refractivity contribution >= 4 is 22.2 Å².